The van der Waals surface area contributed by atoms with E-state index < -0.39 is 15.7 Å². The minimum atomic E-state index is -0.669. The highest BCUT2D eigenvalue weighted by Gasteiger charge is 2.22. The first-order chi connectivity index (χ1) is 8.86. The SMILES string of the molecule is COC(=O)C(Br)COc1c(C)cc(C)cc1[N+](=O)[O-]. The summed E-state index contributed by atoms with van der Waals surface area (Å²) in [7, 11) is 1.26. The smallest absolute Gasteiger partial charge is 0.322 e. The Morgan fingerprint density at radius 1 is 1.47 bits per heavy atom. The van der Waals surface area contributed by atoms with Gasteiger partial charge in [-0.25, -0.2) is 0 Å². The molecule has 1 aromatic carbocycles. The van der Waals surface area contributed by atoms with E-state index in [0.717, 1.165) is 5.56 Å². The molecule has 0 saturated carbocycles. The van der Waals surface area contributed by atoms with Crippen LogP contribution in [0.5, 0.6) is 5.75 Å². The topological polar surface area (TPSA) is 78.7 Å². The number of hydrogen-bond acceptors (Lipinski definition) is 5. The zero-order chi connectivity index (χ0) is 14.6. The van der Waals surface area contributed by atoms with Gasteiger partial charge in [0.1, 0.15) is 11.4 Å². The van der Waals surface area contributed by atoms with Gasteiger partial charge in [-0.15, -0.1) is 0 Å². The third-order valence-corrected chi connectivity index (χ3v) is 3.07. The van der Waals surface area contributed by atoms with Crippen LogP contribution in [0.2, 0.25) is 0 Å². The molecule has 1 unspecified atom stereocenters. The Kier molecular flexibility index (Phi) is 5.29. The second kappa shape index (κ2) is 6.51. The van der Waals surface area contributed by atoms with Crippen LogP contribution in [0, 0.1) is 24.0 Å². The van der Waals surface area contributed by atoms with Crippen molar-refractivity contribution >= 4 is 27.6 Å². The maximum Gasteiger partial charge on any atom is 0.322 e. The van der Waals surface area contributed by atoms with Crippen LogP contribution in [0.15, 0.2) is 12.1 Å². The summed E-state index contributed by atoms with van der Waals surface area (Å²) in [6.07, 6.45) is 0. The number of hydrogen-bond donors (Lipinski definition) is 0. The summed E-state index contributed by atoms with van der Waals surface area (Å²) < 4.78 is 9.91. The molecule has 1 atom stereocenters. The number of ether oxygens (including phenoxy) is 2. The Hall–Kier alpha value is -1.63. The van der Waals surface area contributed by atoms with Gasteiger partial charge in [-0.05, 0) is 25.0 Å². The van der Waals surface area contributed by atoms with Crippen LogP contribution in [-0.4, -0.2) is 29.4 Å². The third-order valence-electron chi connectivity index (χ3n) is 2.43. The standard InChI is InChI=1S/C12H14BrNO5/c1-7-4-8(2)11(10(5-7)14(16)17)19-6-9(13)12(15)18-3/h4-5,9H,6H2,1-3H3. The monoisotopic (exact) mass is 331 g/mol. The number of esters is 1. The molecule has 1 rings (SSSR count). The highest BCUT2D eigenvalue weighted by Crippen LogP contribution is 2.32. The number of carbonyl (C=O) groups is 1. The fraction of sp³-hybridized carbons (Fsp3) is 0.417. The molecule has 0 aromatic heterocycles. The highest BCUT2D eigenvalue weighted by atomic mass is 79.9. The number of benzene rings is 1. The Labute approximate surface area is 119 Å². The van der Waals surface area contributed by atoms with E-state index in [-0.39, 0.29) is 18.0 Å². The number of rotatable bonds is 5. The number of aryl methyl sites for hydroxylation is 2. The molecule has 0 bridgehead atoms. The van der Waals surface area contributed by atoms with Crippen molar-refractivity contribution in [1.29, 1.82) is 0 Å². The van der Waals surface area contributed by atoms with E-state index >= 15 is 0 Å². The Bertz CT molecular complexity index is 503. The van der Waals surface area contributed by atoms with Crippen LogP contribution in [0.4, 0.5) is 5.69 Å². The summed E-state index contributed by atoms with van der Waals surface area (Å²) in [6.45, 7) is 3.44. The molecule has 0 amide bonds. The molecule has 0 heterocycles. The van der Waals surface area contributed by atoms with Gasteiger partial charge < -0.3 is 9.47 Å². The van der Waals surface area contributed by atoms with Gasteiger partial charge in [0.25, 0.3) is 0 Å². The van der Waals surface area contributed by atoms with Crippen LogP contribution >= 0.6 is 15.9 Å². The van der Waals surface area contributed by atoms with Crippen LogP contribution in [-0.2, 0) is 9.53 Å². The highest BCUT2D eigenvalue weighted by molar-refractivity contribution is 9.10. The first-order valence-electron chi connectivity index (χ1n) is 5.47. The average molecular weight is 332 g/mol. The van der Waals surface area contributed by atoms with E-state index in [2.05, 4.69) is 20.7 Å². The quantitative estimate of drug-likeness (QED) is 0.358. The minimum absolute atomic E-state index is 0.0442. The van der Waals surface area contributed by atoms with E-state index in [1.165, 1.54) is 13.2 Å². The molecule has 0 N–H and O–H groups in total. The number of halogens is 1. The lowest BCUT2D eigenvalue weighted by Crippen LogP contribution is -2.23. The molecule has 0 radical (unpaired) electrons. The van der Waals surface area contributed by atoms with Crippen LogP contribution in [0.1, 0.15) is 11.1 Å². The molecule has 6 nitrogen and oxygen atoms in total. The lowest BCUT2D eigenvalue weighted by molar-refractivity contribution is -0.386. The van der Waals surface area contributed by atoms with E-state index in [1.807, 2.05) is 0 Å². The van der Waals surface area contributed by atoms with Gasteiger partial charge in [0.05, 0.1) is 12.0 Å². The van der Waals surface area contributed by atoms with Crippen LogP contribution in [0.3, 0.4) is 0 Å². The van der Waals surface area contributed by atoms with Crippen molar-refractivity contribution in [2.45, 2.75) is 18.7 Å². The molecule has 7 heteroatoms. The summed E-state index contributed by atoms with van der Waals surface area (Å²) in [5.74, 6) is -0.323. The number of carbonyl (C=O) groups excluding carboxylic acids is 1. The fourth-order valence-corrected chi connectivity index (χ4v) is 1.93. The van der Waals surface area contributed by atoms with Crippen molar-refractivity contribution in [3.8, 4) is 5.75 Å². The summed E-state index contributed by atoms with van der Waals surface area (Å²) in [6, 6.07) is 3.22. The van der Waals surface area contributed by atoms with Crippen molar-refractivity contribution in [3.63, 3.8) is 0 Å². The predicted molar refractivity (Wildman–Crippen MR) is 72.8 cm³/mol. The summed E-state index contributed by atoms with van der Waals surface area (Å²) >= 11 is 3.09. The zero-order valence-corrected chi connectivity index (χ0v) is 12.4. The molecular weight excluding hydrogens is 318 g/mol. The van der Waals surface area contributed by atoms with Crippen LogP contribution in [0.25, 0.3) is 0 Å². The first kappa shape index (κ1) is 15.4. The second-order valence-electron chi connectivity index (χ2n) is 3.99. The Morgan fingerprint density at radius 2 is 2.11 bits per heavy atom. The van der Waals surface area contributed by atoms with Gasteiger partial charge >= 0.3 is 11.7 Å². The van der Waals surface area contributed by atoms with Gasteiger partial charge in [0.2, 0.25) is 0 Å². The van der Waals surface area contributed by atoms with Crippen molar-refractivity contribution < 1.29 is 19.2 Å². The molecule has 104 valence electrons. The van der Waals surface area contributed by atoms with E-state index in [1.54, 1.807) is 19.9 Å². The number of nitrogens with zero attached hydrogens (tertiary/aromatic N) is 1. The van der Waals surface area contributed by atoms with Gasteiger partial charge in [0.15, 0.2) is 5.75 Å². The van der Waals surface area contributed by atoms with Crippen molar-refractivity contribution in [2.24, 2.45) is 0 Å². The molecule has 0 aliphatic rings. The number of methoxy groups -OCH3 is 1. The molecule has 0 spiro atoms. The first-order valence-corrected chi connectivity index (χ1v) is 6.38. The van der Waals surface area contributed by atoms with Crippen LogP contribution < -0.4 is 4.74 Å². The molecule has 0 aliphatic carbocycles. The maximum atomic E-state index is 11.2. The average Bonchev–Trinajstić information content (AvgIpc) is 2.35. The van der Waals surface area contributed by atoms with Crippen molar-refractivity contribution in [3.05, 3.63) is 33.4 Å². The number of nitro groups is 1. The molecule has 1 aromatic rings. The number of nitro benzene ring substituents is 1. The zero-order valence-electron chi connectivity index (χ0n) is 10.8. The van der Waals surface area contributed by atoms with Crippen molar-refractivity contribution in [1.82, 2.24) is 0 Å². The predicted octanol–water partition coefficient (Wildman–Crippen LogP) is 2.53. The van der Waals surface area contributed by atoms with E-state index in [9.17, 15) is 14.9 Å². The molecular formula is C12H14BrNO5. The molecule has 19 heavy (non-hydrogen) atoms. The van der Waals surface area contributed by atoms with Crippen molar-refractivity contribution in [2.75, 3.05) is 13.7 Å². The second-order valence-corrected chi connectivity index (χ2v) is 5.09. The van der Waals surface area contributed by atoms with Gasteiger partial charge in [-0.2, -0.15) is 0 Å². The van der Waals surface area contributed by atoms with Gasteiger partial charge in [-0.3, -0.25) is 14.9 Å². The maximum absolute atomic E-state index is 11.2. The van der Waals surface area contributed by atoms with Gasteiger partial charge in [-0.1, -0.05) is 22.0 Å². The largest absolute Gasteiger partial charge is 0.485 e. The van der Waals surface area contributed by atoms with E-state index in [0.29, 0.717) is 5.56 Å². The molecule has 0 fully saturated rings. The van der Waals surface area contributed by atoms with Gasteiger partial charge in [0, 0.05) is 6.07 Å². The molecule has 0 saturated heterocycles. The summed E-state index contributed by atoms with van der Waals surface area (Å²) in [5.41, 5.74) is 1.32. The lowest BCUT2D eigenvalue weighted by Gasteiger charge is -2.12. The summed E-state index contributed by atoms with van der Waals surface area (Å²) in [4.78, 5) is 21.0. The molecule has 0 aliphatic heterocycles. The Balaban J connectivity index is 2.94. The number of alkyl halides is 1. The fourth-order valence-electron chi connectivity index (χ4n) is 1.61. The third kappa shape index (κ3) is 3.92. The minimum Gasteiger partial charge on any atom is -0.485 e. The summed E-state index contributed by atoms with van der Waals surface area (Å²) in [5, 5.41) is 11.0. The Morgan fingerprint density at radius 3 is 2.63 bits per heavy atom. The lowest BCUT2D eigenvalue weighted by atomic mass is 10.1. The normalized spacial score (nSPS) is 11.8. The van der Waals surface area contributed by atoms with E-state index in [4.69, 9.17) is 4.74 Å².